The second-order valence-corrected chi connectivity index (χ2v) is 6.20. The molecule has 0 unspecified atom stereocenters. The maximum Gasteiger partial charge on any atom is 0.324 e. The van der Waals surface area contributed by atoms with E-state index in [1.807, 2.05) is 32.9 Å². The van der Waals surface area contributed by atoms with E-state index in [2.05, 4.69) is 9.97 Å². The van der Waals surface area contributed by atoms with Crippen molar-refractivity contribution in [3.05, 3.63) is 41.5 Å². The molecule has 0 aliphatic heterocycles. The number of nitrogens with two attached hydrogens (primary N) is 1. The van der Waals surface area contributed by atoms with Crippen molar-refractivity contribution in [2.75, 3.05) is 18.7 Å². The molecule has 25 heavy (non-hydrogen) atoms. The number of anilines is 1. The molecule has 0 aliphatic carbocycles. The number of hydrogen-bond acceptors (Lipinski definition) is 6. The molecule has 0 aliphatic rings. The van der Waals surface area contributed by atoms with Crippen LogP contribution in [-0.4, -0.2) is 34.7 Å². The van der Waals surface area contributed by atoms with Crippen LogP contribution in [0.3, 0.4) is 0 Å². The van der Waals surface area contributed by atoms with Crippen molar-refractivity contribution in [2.24, 2.45) is 5.84 Å². The van der Waals surface area contributed by atoms with Gasteiger partial charge in [0.1, 0.15) is 12.4 Å². The minimum absolute atomic E-state index is 0.150. The summed E-state index contributed by atoms with van der Waals surface area (Å²) in [7, 11) is 1.60. The molecule has 0 saturated carbocycles. The van der Waals surface area contributed by atoms with Crippen LogP contribution in [0.25, 0.3) is 11.1 Å². The van der Waals surface area contributed by atoms with Crippen molar-refractivity contribution in [3.8, 4) is 11.1 Å². The average Bonchev–Trinajstić information content (AvgIpc) is 2.54. The summed E-state index contributed by atoms with van der Waals surface area (Å²) in [6, 6.07) is 3.95. The molecule has 134 valence electrons. The number of hydrazine groups is 1. The fraction of sp³-hybridized carbons (Fsp3) is 0.389. The summed E-state index contributed by atoms with van der Waals surface area (Å²) in [5.41, 5.74) is 4.30. The van der Waals surface area contributed by atoms with Gasteiger partial charge in [-0.2, -0.15) is 0 Å². The molecule has 0 atom stereocenters. The van der Waals surface area contributed by atoms with E-state index in [9.17, 15) is 4.79 Å². The molecule has 0 radical (unpaired) electrons. The van der Waals surface area contributed by atoms with E-state index >= 15 is 0 Å². The quantitative estimate of drug-likeness (QED) is 0.587. The zero-order valence-corrected chi connectivity index (χ0v) is 15.0. The van der Waals surface area contributed by atoms with Crippen molar-refractivity contribution in [3.63, 3.8) is 0 Å². The predicted molar refractivity (Wildman–Crippen MR) is 96.2 cm³/mol. The molecule has 0 saturated heterocycles. The Kier molecular flexibility index (Phi) is 6.06. The van der Waals surface area contributed by atoms with Gasteiger partial charge in [-0.15, -0.1) is 0 Å². The molecule has 0 bridgehead atoms. The van der Waals surface area contributed by atoms with Gasteiger partial charge in [0.05, 0.1) is 12.3 Å². The van der Waals surface area contributed by atoms with Crippen molar-refractivity contribution in [1.82, 2.24) is 9.97 Å². The Hall–Kier alpha value is -2.51. The lowest BCUT2D eigenvalue weighted by atomic mass is 9.92. The summed E-state index contributed by atoms with van der Waals surface area (Å²) in [5.74, 6) is 5.91. The van der Waals surface area contributed by atoms with E-state index in [0.717, 1.165) is 22.3 Å². The van der Waals surface area contributed by atoms with E-state index in [1.165, 1.54) is 5.01 Å². The van der Waals surface area contributed by atoms with Crippen LogP contribution in [0.2, 0.25) is 0 Å². The van der Waals surface area contributed by atoms with E-state index < -0.39 is 5.97 Å². The molecule has 7 nitrogen and oxygen atoms in total. The Morgan fingerprint density at radius 1 is 1.28 bits per heavy atom. The standard InChI is InChI=1S/C18H24N4O3/c1-11(2)16-6-13(15-7-20-12(3)21-8-15)5-14(10-25-4)18(16)22(19)9-17(23)24/h5-8,11H,9-10,19H2,1-4H3,(H,23,24). The van der Waals surface area contributed by atoms with E-state index in [-0.39, 0.29) is 12.5 Å². The van der Waals surface area contributed by atoms with Gasteiger partial charge in [0.15, 0.2) is 0 Å². The first kappa shape index (κ1) is 18.8. The Balaban J connectivity index is 2.62. The van der Waals surface area contributed by atoms with Crippen molar-refractivity contribution in [1.29, 1.82) is 0 Å². The topological polar surface area (TPSA) is 102 Å². The molecule has 1 heterocycles. The summed E-state index contributed by atoms with van der Waals surface area (Å²) in [6.07, 6.45) is 3.55. The number of aliphatic carboxylic acids is 1. The SMILES string of the molecule is COCc1cc(-c2cnc(C)nc2)cc(C(C)C)c1N(N)CC(=O)O. The number of carboxylic acid groups (broad SMARTS) is 1. The van der Waals surface area contributed by atoms with E-state index in [0.29, 0.717) is 18.1 Å². The fourth-order valence-corrected chi connectivity index (χ4v) is 2.71. The molecular formula is C18H24N4O3. The molecule has 2 aromatic rings. The van der Waals surface area contributed by atoms with Crippen molar-refractivity contribution < 1.29 is 14.6 Å². The highest BCUT2D eigenvalue weighted by Gasteiger charge is 2.20. The first-order valence-electron chi connectivity index (χ1n) is 8.02. The molecule has 0 spiro atoms. The predicted octanol–water partition coefficient (Wildman–Crippen LogP) is 2.49. The van der Waals surface area contributed by atoms with Crippen LogP contribution in [-0.2, 0) is 16.1 Å². The summed E-state index contributed by atoms with van der Waals surface area (Å²) in [5, 5.41) is 10.3. The van der Waals surface area contributed by atoms with Crippen LogP contribution in [0.1, 0.15) is 36.7 Å². The van der Waals surface area contributed by atoms with Gasteiger partial charge < -0.3 is 9.84 Å². The Bertz CT molecular complexity index is 745. The fourth-order valence-electron chi connectivity index (χ4n) is 2.71. The smallest absolute Gasteiger partial charge is 0.324 e. The Labute approximate surface area is 147 Å². The summed E-state index contributed by atoms with van der Waals surface area (Å²) < 4.78 is 5.31. The van der Waals surface area contributed by atoms with Crippen LogP contribution < -0.4 is 10.9 Å². The van der Waals surface area contributed by atoms with Gasteiger partial charge in [0, 0.05) is 30.6 Å². The van der Waals surface area contributed by atoms with Gasteiger partial charge in [-0.05, 0) is 36.1 Å². The molecule has 2 rings (SSSR count). The van der Waals surface area contributed by atoms with Crippen LogP contribution >= 0.6 is 0 Å². The number of carbonyl (C=O) groups is 1. The Morgan fingerprint density at radius 3 is 2.44 bits per heavy atom. The van der Waals surface area contributed by atoms with Gasteiger partial charge in [0.25, 0.3) is 0 Å². The lowest BCUT2D eigenvalue weighted by molar-refractivity contribution is -0.135. The Morgan fingerprint density at radius 2 is 1.92 bits per heavy atom. The molecule has 0 fully saturated rings. The van der Waals surface area contributed by atoms with Gasteiger partial charge in [-0.1, -0.05) is 13.8 Å². The number of rotatable bonds is 7. The molecule has 7 heteroatoms. The lowest BCUT2D eigenvalue weighted by Crippen LogP contribution is -2.37. The lowest BCUT2D eigenvalue weighted by Gasteiger charge is -2.26. The minimum atomic E-state index is -0.989. The number of aromatic nitrogens is 2. The maximum atomic E-state index is 11.1. The van der Waals surface area contributed by atoms with Crippen LogP contribution in [0, 0.1) is 6.92 Å². The highest BCUT2D eigenvalue weighted by Crippen LogP contribution is 2.35. The number of carboxylic acids is 1. The van der Waals surface area contributed by atoms with Crippen molar-refractivity contribution >= 4 is 11.7 Å². The zero-order valence-electron chi connectivity index (χ0n) is 15.0. The first-order valence-corrected chi connectivity index (χ1v) is 8.02. The molecule has 1 aromatic heterocycles. The zero-order chi connectivity index (χ0) is 18.6. The molecular weight excluding hydrogens is 320 g/mol. The third-order valence-electron chi connectivity index (χ3n) is 3.85. The van der Waals surface area contributed by atoms with Gasteiger partial charge in [-0.25, -0.2) is 15.8 Å². The normalized spacial score (nSPS) is 11.0. The number of methoxy groups -OCH3 is 1. The van der Waals surface area contributed by atoms with Gasteiger partial charge >= 0.3 is 5.97 Å². The third kappa shape index (κ3) is 4.52. The summed E-state index contributed by atoms with van der Waals surface area (Å²) >= 11 is 0. The highest BCUT2D eigenvalue weighted by molar-refractivity contribution is 5.77. The van der Waals surface area contributed by atoms with Crippen LogP contribution in [0.15, 0.2) is 24.5 Å². The number of nitrogens with zero attached hydrogens (tertiary/aromatic N) is 3. The molecule has 1 aromatic carbocycles. The molecule has 0 amide bonds. The first-order chi connectivity index (χ1) is 11.8. The number of ether oxygens (including phenoxy) is 1. The van der Waals surface area contributed by atoms with Crippen LogP contribution in [0.4, 0.5) is 5.69 Å². The van der Waals surface area contributed by atoms with E-state index in [4.69, 9.17) is 15.7 Å². The highest BCUT2D eigenvalue weighted by atomic mass is 16.5. The maximum absolute atomic E-state index is 11.1. The minimum Gasteiger partial charge on any atom is -0.480 e. The number of hydrogen-bond donors (Lipinski definition) is 2. The second kappa shape index (κ2) is 8.04. The summed E-state index contributed by atoms with van der Waals surface area (Å²) in [6.45, 7) is 5.95. The third-order valence-corrected chi connectivity index (χ3v) is 3.85. The van der Waals surface area contributed by atoms with Crippen molar-refractivity contribution in [2.45, 2.75) is 33.3 Å². The van der Waals surface area contributed by atoms with E-state index in [1.54, 1.807) is 19.5 Å². The number of benzene rings is 1. The van der Waals surface area contributed by atoms with Gasteiger partial charge in [0.2, 0.25) is 0 Å². The number of aryl methyl sites for hydroxylation is 1. The monoisotopic (exact) mass is 344 g/mol. The average molecular weight is 344 g/mol. The van der Waals surface area contributed by atoms with Gasteiger partial charge in [-0.3, -0.25) is 9.80 Å². The van der Waals surface area contributed by atoms with Crippen LogP contribution in [0.5, 0.6) is 0 Å². The molecule has 3 N–H and O–H groups in total. The summed E-state index contributed by atoms with van der Waals surface area (Å²) in [4.78, 5) is 19.6. The largest absolute Gasteiger partial charge is 0.480 e. The second-order valence-electron chi connectivity index (χ2n) is 6.20.